The number of halogens is 2. The summed E-state index contributed by atoms with van der Waals surface area (Å²) in [5.41, 5.74) is 0.169. The lowest BCUT2D eigenvalue weighted by Crippen LogP contribution is -2.21. The third-order valence-electron chi connectivity index (χ3n) is 3.92. The van der Waals surface area contributed by atoms with Crippen molar-refractivity contribution in [3.63, 3.8) is 0 Å². The van der Waals surface area contributed by atoms with E-state index < -0.39 is 39.0 Å². The lowest BCUT2D eigenvalue weighted by molar-refractivity contribution is -0.147. The van der Waals surface area contributed by atoms with Gasteiger partial charge in [0.2, 0.25) is 9.84 Å². The van der Waals surface area contributed by atoms with Crippen LogP contribution < -0.4 is 14.8 Å². The van der Waals surface area contributed by atoms with Gasteiger partial charge in [0, 0.05) is 12.1 Å². The Morgan fingerprint density at radius 2 is 1.61 bits per heavy atom. The number of nitrogens with one attached hydrogen (secondary N) is 1. The maximum Gasteiger partial charge on any atom is 0.341 e. The Morgan fingerprint density at radius 1 is 1.00 bits per heavy atom. The third kappa shape index (κ3) is 7.52. The van der Waals surface area contributed by atoms with Crippen molar-refractivity contribution < 1.29 is 41.0 Å². The Labute approximate surface area is 178 Å². The summed E-state index contributed by atoms with van der Waals surface area (Å²) in [6.07, 6.45) is 0.427. The molecule has 0 unspecified atom stereocenters. The van der Waals surface area contributed by atoms with Crippen molar-refractivity contribution in [2.45, 2.75) is 23.5 Å². The molecular formula is C20H21F2NO7S. The zero-order valence-corrected chi connectivity index (χ0v) is 17.4. The Kier molecular flexibility index (Phi) is 8.74. The molecule has 0 fully saturated rings. The minimum absolute atomic E-state index is 0.0453. The predicted molar refractivity (Wildman–Crippen MR) is 107 cm³/mol. The van der Waals surface area contributed by atoms with Crippen LogP contribution >= 0.6 is 0 Å². The first-order chi connectivity index (χ1) is 14.7. The van der Waals surface area contributed by atoms with Gasteiger partial charge in [-0.1, -0.05) is 0 Å². The van der Waals surface area contributed by atoms with E-state index >= 15 is 0 Å². The largest absolute Gasteiger partial charge is 0.497 e. The van der Waals surface area contributed by atoms with Gasteiger partial charge in [-0.2, -0.15) is 8.78 Å². The number of alkyl halides is 2. The average Bonchev–Trinajstić information content (AvgIpc) is 2.76. The van der Waals surface area contributed by atoms with E-state index in [1.807, 2.05) is 0 Å². The smallest absolute Gasteiger partial charge is 0.341 e. The molecular weight excluding hydrogens is 436 g/mol. The zero-order valence-electron chi connectivity index (χ0n) is 16.5. The molecule has 0 heterocycles. The summed E-state index contributed by atoms with van der Waals surface area (Å²) in [5, 5.41) is 2.37. The number of anilines is 1. The predicted octanol–water partition coefficient (Wildman–Crippen LogP) is 3.03. The van der Waals surface area contributed by atoms with E-state index in [1.165, 1.54) is 0 Å². The van der Waals surface area contributed by atoms with Gasteiger partial charge in [-0.05, 0) is 55.0 Å². The minimum atomic E-state index is -4.71. The summed E-state index contributed by atoms with van der Waals surface area (Å²) in [6, 6.07) is 11.2. The number of carbonyl (C=O) groups excluding carboxylic acids is 2. The molecule has 2 aromatic carbocycles. The zero-order chi connectivity index (χ0) is 22.9. The molecule has 1 N–H and O–H groups in total. The molecule has 8 nitrogen and oxygen atoms in total. The Hall–Kier alpha value is -3.21. The Balaban J connectivity index is 1.67. The molecule has 0 atom stereocenters. The van der Waals surface area contributed by atoms with Crippen LogP contribution in [0.2, 0.25) is 0 Å². The highest BCUT2D eigenvalue weighted by Crippen LogP contribution is 2.20. The number of hydrogen-bond acceptors (Lipinski definition) is 7. The van der Waals surface area contributed by atoms with Crippen LogP contribution in [-0.2, 0) is 24.2 Å². The fourth-order valence-electron chi connectivity index (χ4n) is 2.32. The number of amides is 1. The summed E-state index contributed by atoms with van der Waals surface area (Å²) in [4.78, 5) is 22.9. The Morgan fingerprint density at radius 3 is 2.19 bits per heavy atom. The van der Waals surface area contributed by atoms with Crippen molar-refractivity contribution in [3.05, 3.63) is 48.5 Å². The van der Waals surface area contributed by atoms with E-state index in [9.17, 15) is 26.8 Å². The molecule has 0 saturated heterocycles. The van der Waals surface area contributed by atoms with Gasteiger partial charge in [0.1, 0.15) is 11.5 Å². The van der Waals surface area contributed by atoms with E-state index in [1.54, 1.807) is 31.4 Å². The highest BCUT2D eigenvalue weighted by molar-refractivity contribution is 7.91. The SMILES string of the molecule is COc1ccc(OCCCC(=O)OCC(=O)Nc2ccc(S(=O)(=O)C(F)F)cc2)cc1. The molecule has 31 heavy (non-hydrogen) atoms. The average molecular weight is 457 g/mol. The molecule has 1 amide bonds. The van der Waals surface area contributed by atoms with Crippen molar-refractivity contribution in [1.82, 2.24) is 0 Å². The molecule has 0 aliphatic carbocycles. The maximum absolute atomic E-state index is 12.5. The molecule has 0 saturated carbocycles. The van der Waals surface area contributed by atoms with Gasteiger partial charge >= 0.3 is 11.7 Å². The number of sulfone groups is 1. The van der Waals surface area contributed by atoms with Crippen LogP contribution in [0.25, 0.3) is 0 Å². The molecule has 0 aliphatic heterocycles. The molecule has 11 heteroatoms. The van der Waals surface area contributed by atoms with Crippen LogP contribution in [0.1, 0.15) is 12.8 Å². The second-order valence-electron chi connectivity index (χ2n) is 6.17. The molecule has 0 radical (unpaired) electrons. The summed E-state index contributed by atoms with van der Waals surface area (Å²) in [5.74, 6) is -3.46. The normalized spacial score (nSPS) is 11.1. The summed E-state index contributed by atoms with van der Waals surface area (Å²) in [7, 11) is -3.15. The molecule has 2 aromatic rings. The fourth-order valence-corrected chi connectivity index (χ4v) is 3.05. The van der Waals surface area contributed by atoms with Crippen LogP contribution in [0.4, 0.5) is 14.5 Å². The number of hydrogen-bond donors (Lipinski definition) is 1. The van der Waals surface area contributed by atoms with Crippen LogP contribution in [0.3, 0.4) is 0 Å². The fraction of sp³-hybridized carbons (Fsp3) is 0.300. The number of carbonyl (C=O) groups is 2. The van der Waals surface area contributed by atoms with E-state index in [0.717, 1.165) is 24.3 Å². The summed E-state index contributed by atoms with van der Waals surface area (Å²) >= 11 is 0. The van der Waals surface area contributed by atoms with Crippen LogP contribution in [0, 0.1) is 0 Å². The van der Waals surface area contributed by atoms with Crippen LogP contribution in [-0.4, -0.2) is 46.4 Å². The lowest BCUT2D eigenvalue weighted by atomic mass is 10.3. The van der Waals surface area contributed by atoms with Crippen molar-refractivity contribution in [3.8, 4) is 11.5 Å². The van der Waals surface area contributed by atoms with Gasteiger partial charge in [0.05, 0.1) is 18.6 Å². The summed E-state index contributed by atoms with van der Waals surface area (Å²) in [6.45, 7) is -0.267. The van der Waals surface area contributed by atoms with E-state index in [0.29, 0.717) is 17.9 Å². The van der Waals surface area contributed by atoms with Crippen molar-refractivity contribution in [1.29, 1.82) is 0 Å². The van der Waals surface area contributed by atoms with Gasteiger partial charge < -0.3 is 19.5 Å². The number of benzene rings is 2. The van der Waals surface area contributed by atoms with Gasteiger partial charge in [0.15, 0.2) is 6.61 Å². The highest BCUT2D eigenvalue weighted by Gasteiger charge is 2.26. The first-order valence-corrected chi connectivity index (χ1v) is 10.6. The van der Waals surface area contributed by atoms with E-state index in [4.69, 9.17) is 14.2 Å². The number of rotatable bonds is 11. The van der Waals surface area contributed by atoms with Crippen molar-refractivity contribution in [2.24, 2.45) is 0 Å². The molecule has 2 rings (SSSR count). The lowest BCUT2D eigenvalue weighted by Gasteiger charge is -2.09. The molecule has 0 bridgehead atoms. The van der Waals surface area contributed by atoms with Gasteiger partial charge in [-0.25, -0.2) is 8.42 Å². The molecule has 0 aromatic heterocycles. The number of methoxy groups -OCH3 is 1. The standard InChI is InChI=1S/C20H21F2NO7S/c1-28-15-6-8-16(9-7-15)29-12-2-3-19(25)30-13-18(24)23-14-4-10-17(11-5-14)31(26,27)20(21)22/h4-11,20H,2-3,12-13H2,1H3,(H,23,24). The molecule has 168 valence electrons. The first kappa shape index (κ1) is 24.1. The second-order valence-corrected chi connectivity index (χ2v) is 8.08. The van der Waals surface area contributed by atoms with Crippen LogP contribution in [0.15, 0.2) is 53.4 Å². The minimum Gasteiger partial charge on any atom is -0.497 e. The quantitative estimate of drug-likeness (QED) is 0.408. The number of ether oxygens (including phenoxy) is 3. The Bertz CT molecular complexity index is 978. The van der Waals surface area contributed by atoms with E-state index in [-0.39, 0.29) is 18.7 Å². The monoisotopic (exact) mass is 457 g/mol. The highest BCUT2D eigenvalue weighted by atomic mass is 32.2. The van der Waals surface area contributed by atoms with Gasteiger partial charge in [0.25, 0.3) is 5.91 Å². The van der Waals surface area contributed by atoms with Gasteiger partial charge in [-0.3, -0.25) is 9.59 Å². The molecule has 0 aliphatic rings. The van der Waals surface area contributed by atoms with Crippen molar-refractivity contribution >= 4 is 27.4 Å². The first-order valence-electron chi connectivity index (χ1n) is 9.07. The molecule has 0 spiro atoms. The van der Waals surface area contributed by atoms with E-state index in [2.05, 4.69) is 5.32 Å². The van der Waals surface area contributed by atoms with Crippen LogP contribution in [0.5, 0.6) is 11.5 Å². The summed E-state index contributed by atoms with van der Waals surface area (Å²) < 4.78 is 63.0. The third-order valence-corrected chi connectivity index (χ3v) is 5.32. The van der Waals surface area contributed by atoms with Crippen molar-refractivity contribution in [2.75, 3.05) is 25.6 Å². The topological polar surface area (TPSA) is 108 Å². The second kappa shape index (κ2) is 11.3. The maximum atomic E-state index is 12.5. The number of esters is 1. The van der Waals surface area contributed by atoms with Gasteiger partial charge in [-0.15, -0.1) is 0 Å².